The van der Waals surface area contributed by atoms with Crippen molar-refractivity contribution < 1.29 is 19.0 Å². The van der Waals surface area contributed by atoms with E-state index >= 15 is 0 Å². The number of aliphatic imine (C=N–C) groups is 1. The predicted molar refractivity (Wildman–Crippen MR) is 126 cm³/mol. The Kier molecular flexibility index (Phi) is 9.16. The Morgan fingerprint density at radius 2 is 1.80 bits per heavy atom. The average Bonchev–Trinajstić information content (AvgIpc) is 2.75. The van der Waals surface area contributed by atoms with Gasteiger partial charge in [0.15, 0.2) is 17.5 Å². The van der Waals surface area contributed by atoms with E-state index in [9.17, 15) is 9.50 Å². The zero-order valence-corrected chi connectivity index (χ0v) is 19.9. The number of aliphatic hydroxyl groups excluding tert-OH is 1. The zero-order chi connectivity index (χ0) is 20.8. The van der Waals surface area contributed by atoms with Crippen LogP contribution in [0.5, 0.6) is 11.5 Å². The van der Waals surface area contributed by atoms with Crippen LogP contribution in [0.3, 0.4) is 0 Å². The Bertz CT molecular complexity index is 861. The zero-order valence-electron chi connectivity index (χ0n) is 17.5. The van der Waals surface area contributed by atoms with Crippen LogP contribution in [0.1, 0.15) is 29.7 Å². The van der Waals surface area contributed by atoms with Gasteiger partial charge in [-0.3, -0.25) is 4.99 Å². The van der Waals surface area contributed by atoms with Crippen LogP contribution in [0.25, 0.3) is 0 Å². The molecule has 2 N–H and O–H groups in total. The molecule has 0 fully saturated rings. The van der Waals surface area contributed by atoms with Crippen LogP contribution in [0.4, 0.5) is 4.39 Å². The van der Waals surface area contributed by atoms with Crippen molar-refractivity contribution in [3.05, 3.63) is 58.9 Å². The van der Waals surface area contributed by atoms with E-state index in [-0.39, 0.29) is 36.3 Å². The van der Waals surface area contributed by atoms with Gasteiger partial charge in [-0.05, 0) is 54.3 Å². The minimum Gasteiger partial charge on any atom is -0.493 e. The van der Waals surface area contributed by atoms with E-state index in [0.29, 0.717) is 17.9 Å². The number of fused-ring (bicyclic) bond motifs is 1. The molecule has 0 aromatic heterocycles. The SMILES string of the molecule is CCNC(=NCC(O)c1ccc(F)cc1)N1CCc2cc(OC)c(OC)cc2C1.I. The number of methoxy groups -OCH3 is 2. The third-order valence-corrected chi connectivity index (χ3v) is 5.02. The van der Waals surface area contributed by atoms with Gasteiger partial charge >= 0.3 is 0 Å². The van der Waals surface area contributed by atoms with E-state index in [4.69, 9.17) is 9.47 Å². The number of nitrogens with zero attached hydrogens (tertiary/aromatic N) is 2. The first-order chi connectivity index (χ1) is 14.0. The van der Waals surface area contributed by atoms with Gasteiger partial charge in [-0.25, -0.2) is 4.39 Å². The molecule has 1 atom stereocenters. The van der Waals surface area contributed by atoms with E-state index in [1.165, 1.54) is 23.3 Å². The molecule has 0 radical (unpaired) electrons. The molecule has 0 amide bonds. The van der Waals surface area contributed by atoms with E-state index in [2.05, 4.69) is 15.2 Å². The van der Waals surface area contributed by atoms with Gasteiger partial charge in [0.1, 0.15) is 5.82 Å². The monoisotopic (exact) mass is 529 g/mol. The molecule has 0 saturated heterocycles. The molecule has 0 saturated carbocycles. The molecule has 0 spiro atoms. The van der Waals surface area contributed by atoms with Crippen LogP contribution < -0.4 is 14.8 Å². The van der Waals surface area contributed by atoms with Gasteiger partial charge in [0.05, 0.1) is 26.9 Å². The molecule has 2 aromatic carbocycles. The fourth-order valence-electron chi connectivity index (χ4n) is 3.45. The second kappa shape index (κ2) is 11.4. The predicted octanol–water partition coefficient (Wildman–Crippen LogP) is 3.52. The van der Waals surface area contributed by atoms with Gasteiger partial charge in [0.25, 0.3) is 0 Å². The number of benzene rings is 2. The standard InChI is InChI=1S/C22H28FN3O3.HI/c1-4-24-22(25-13-19(27)15-5-7-18(23)8-6-15)26-10-9-16-11-20(28-2)21(29-3)12-17(16)14-26;/h5-8,11-12,19,27H,4,9-10,13-14H2,1-3H3,(H,24,25);1H. The highest BCUT2D eigenvalue weighted by Crippen LogP contribution is 2.33. The van der Waals surface area contributed by atoms with Crippen LogP contribution in [0.2, 0.25) is 0 Å². The van der Waals surface area contributed by atoms with E-state index < -0.39 is 6.10 Å². The Morgan fingerprint density at radius 1 is 1.17 bits per heavy atom. The molecule has 8 heteroatoms. The largest absolute Gasteiger partial charge is 0.493 e. The van der Waals surface area contributed by atoms with Crippen LogP contribution in [0, 0.1) is 5.82 Å². The minimum absolute atomic E-state index is 0. The molecule has 2 aromatic rings. The molecule has 0 aliphatic carbocycles. The number of hydrogen-bond acceptors (Lipinski definition) is 4. The van der Waals surface area contributed by atoms with Gasteiger partial charge < -0.3 is 24.8 Å². The second-order valence-corrected chi connectivity index (χ2v) is 6.91. The summed E-state index contributed by atoms with van der Waals surface area (Å²) in [6, 6.07) is 9.90. The molecule has 1 heterocycles. The van der Waals surface area contributed by atoms with Crippen molar-refractivity contribution in [2.24, 2.45) is 4.99 Å². The summed E-state index contributed by atoms with van der Waals surface area (Å²) in [5.74, 6) is 1.87. The molecule has 1 aliphatic heterocycles. The van der Waals surface area contributed by atoms with E-state index in [0.717, 1.165) is 31.2 Å². The van der Waals surface area contributed by atoms with Crippen LogP contribution in [0.15, 0.2) is 41.4 Å². The molecular formula is C22H29FIN3O3. The highest BCUT2D eigenvalue weighted by molar-refractivity contribution is 14.0. The lowest BCUT2D eigenvalue weighted by molar-refractivity contribution is 0.186. The number of aliphatic hydroxyl groups is 1. The maximum absolute atomic E-state index is 13.1. The van der Waals surface area contributed by atoms with Gasteiger partial charge in [-0.15, -0.1) is 24.0 Å². The highest BCUT2D eigenvalue weighted by Gasteiger charge is 2.22. The summed E-state index contributed by atoms with van der Waals surface area (Å²) >= 11 is 0. The Balaban J connectivity index is 0.00000320. The van der Waals surface area contributed by atoms with Gasteiger partial charge in [-0.2, -0.15) is 0 Å². The Morgan fingerprint density at radius 3 is 2.40 bits per heavy atom. The second-order valence-electron chi connectivity index (χ2n) is 6.91. The lowest BCUT2D eigenvalue weighted by Crippen LogP contribution is -2.44. The molecule has 30 heavy (non-hydrogen) atoms. The van der Waals surface area contributed by atoms with Crippen LogP contribution in [-0.4, -0.2) is 49.8 Å². The normalized spacial score (nSPS) is 14.4. The van der Waals surface area contributed by atoms with Gasteiger partial charge in [0.2, 0.25) is 0 Å². The van der Waals surface area contributed by atoms with Gasteiger partial charge in [0, 0.05) is 19.6 Å². The van der Waals surface area contributed by atoms with Crippen molar-refractivity contribution in [1.29, 1.82) is 0 Å². The van der Waals surface area contributed by atoms with Crippen molar-refractivity contribution in [3.8, 4) is 11.5 Å². The Hall–Kier alpha value is -2.07. The number of nitrogens with one attached hydrogen (secondary N) is 1. The summed E-state index contributed by atoms with van der Waals surface area (Å²) in [6.07, 6.45) is 0.0753. The third-order valence-electron chi connectivity index (χ3n) is 5.02. The first-order valence-corrected chi connectivity index (χ1v) is 9.76. The number of ether oxygens (including phenoxy) is 2. The quantitative estimate of drug-likeness (QED) is 0.341. The van der Waals surface area contributed by atoms with Crippen LogP contribution in [-0.2, 0) is 13.0 Å². The lowest BCUT2D eigenvalue weighted by atomic mass is 9.99. The van der Waals surface area contributed by atoms with E-state index in [1.54, 1.807) is 26.4 Å². The first kappa shape index (κ1) is 24.2. The van der Waals surface area contributed by atoms with Crippen molar-refractivity contribution >= 4 is 29.9 Å². The maximum Gasteiger partial charge on any atom is 0.194 e. The first-order valence-electron chi connectivity index (χ1n) is 9.76. The summed E-state index contributed by atoms with van der Waals surface area (Å²) in [5, 5.41) is 13.7. The number of hydrogen-bond donors (Lipinski definition) is 2. The average molecular weight is 529 g/mol. The lowest BCUT2D eigenvalue weighted by Gasteiger charge is -2.32. The summed E-state index contributed by atoms with van der Waals surface area (Å²) in [5.41, 5.74) is 3.05. The fraction of sp³-hybridized carbons (Fsp3) is 0.409. The minimum atomic E-state index is -0.786. The molecule has 3 rings (SSSR count). The van der Waals surface area contributed by atoms with Crippen molar-refractivity contribution in [3.63, 3.8) is 0 Å². The van der Waals surface area contributed by atoms with Crippen molar-refractivity contribution in [2.75, 3.05) is 33.9 Å². The van der Waals surface area contributed by atoms with Crippen molar-refractivity contribution in [2.45, 2.75) is 26.0 Å². The molecule has 6 nitrogen and oxygen atoms in total. The topological polar surface area (TPSA) is 66.3 Å². The molecular weight excluding hydrogens is 500 g/mol. The summed E-state index contributed by atoms with van der Waals surface area (Å²) in [6.45, 7) is 4.43. The number of rotatable bonds is 6. The summed E-state index contributed by atoms with van der Waals surface area (Å²) < 4.78 is 23.9. The Labute approximate surface area is 194 Å². The third kappa shape index (κ3) is 5.75. The van der Waals surface area contributed by atoms with Gasteiger partial charge in [-0.1, -0.05) is 12.1 Å². The highest BCUT2D eigenvalue weighted by atomic mass is 127. The molecule has 1 unspecified atom stereocenters. The molecule has 1 aliphatic rings. The smallest absolute Gasteiger partial charge is 0.194 e. The summed E-state index contributed by atoms with van der Waals surface area (Å²) in [4.78, 5) is 6.78. The van der Waals surface area contributed by atoms with Crippen molar-refractivity contribution in [1.82, 2.24) is 10.2 Å². The maximum atomic E-state index is 13.1. The molecule has 0 bridgehead atoms. The fourth-order valence-corrected chi connectivity index (χ4v) is 3.45. The number of guanidine groups is 1. The molecule has 164 valence electrons. The summed E-state index contributed by atoms with van der Waals surface area (Å²) in [7, 11) is 3.27. The van der Waals surface area contributed by atoms with Crippen LogP contribution >= 0.6 is 24.0 Å². The number of halogens is 2. The van der Waals surface area contributed by atoms with E-state index in [1.807, 2.05) is 19.1 Å².